The van der Waals surface area contributed by atoms with Crippen LogP contribution in [0.2, 0.25) is 10.0 Å². The molecule has 0 bridgehead atoms. The van der Waals surface area contributed by atoms with Gasteiger partial charge in [0.05, 0.1) is 21.4 Å². The third-order valence-electron chi connectivity index (χ3n) is 3.97. The monoisotopic (exact) mass is 465 g/mol. The molecule has 0 fully saturated rings. The van der Waals surface area contributed by atoms with Gasteiger partial charge in [0.1, 0.15) is 5.82 Å². The zero-order chi connectivity index (χ0) is 19.8. The van der Waals surface area contributed by atoms with E-state index < -0.39 is 0 Å². The number of halogens is 3. The molecule has 0 aliphatic rings. The van der Waals surface area contributed by atoms with Crippen LogP contribution >= 0.6 is 39.1 Å². The zero-order valence-electron chi connectivity index (χ0n) is 15.1. The minimum absolute atomic E-state index is 0.163. The fourth-order valence-corrected chi connectivity index (χ4v) is 3.00. The zero-order valence-corrected chi connectivity index (χ0v) is 18.2. The van der Waals surface area contributed by atoms with Gasteiger partial charge >= 0.3 is 0 Å². The van der Waals surface area contributed by atoms with Gasteiger partial charge in [0.25, 0.3) is 5.91 Å². The molecule has 0 aliphatic carbocycles. The van der Waals surface area contributed by atoms with Crippen LogP contribution in [0.1, 0.15) is 36.8 Å². The summed E-state index contributed by atoms with van der Waals surface area (Å²) in [5.74, 6) is 0.297. The van der Waals surface area contributed by atoms with E-state index in [1.165, 1.54) is 0 Å². The Bertz CT molecular complexity index is 991. The highest BCUT2D eigenvalue weighted by molar-refractivity contribution is 9.10. The topological polar surface area (TPSA) is 46.9 Å². The van der Waals surface area contributed by atoms with Gasteiger partial charge in [-0.25, -0.2) is 4.68 Å². The summed E-state index contributed by atoms with van der Waals surface area (Å²) < 4.78 is 2.69. The van der Waals surface area contributed by atoms with Gasteiger partial charge in [0, 0.05) is 21.5 Å². The molecule has 1 N–H and O–H groups in total. The van der Waals surface area contributed by atoms with Gasteiger partial charge in [0.2, 0.25) is 0 Å². The lowest BCUT2D eigenvalue weighted by Crippen LogP contribution is -2.15. The van der Waals surface area contributed by atoms with Gasteiger partial charge in [-0.1, -0.05) is 59.9 Å². The molecule has 0 saturated carbocycles. The summed E-state index contributed by atoms with van der Waals surface area (Å²) in [7, 11) is 0. The van der Waals surface area contributed by atoms with Gasteiger partial charge in [-0.2, -0.15) is 5.10 Å². The van der Waals surface area contributed by atoms with Crippen molar-refractivity contribution in [2.75, 3.05) is 5.32 Å². The highest BCUT2D eigenvalue weighted by atomic mass is 79.9. The summed E-state index contributed by atoms with van der Waals surface area (Å²) in [5.41, 5.74) is 1.97. The molecule has 2 aromatic carbocycles. The number of carbonyl (C=O) groups is 1. The summed E-state index contributed by atoms with van der Waals surface area (Å²) >= 11 is 15.4. The molecule has 0 radical (unpaired) electrons. The molecule has 0 spiro atoms. The maximum Gasteiger partial charge on any atom is 0.256 e. The van der Waals surface area contributed by atoms with Crippen LogP contribution in [0.5, 0.6) is 0 Å². The van der Waals surface area contributed by atoms with Crippen molar-refractivity contribution in [3.63, 3.8) is 0 Å². The number of aromatic nitrogens is 2. The maximum absolute atomic E-state index is 12.7. The third kappa shape index (κ3) is 4.54. The van der Waals surface area contributed by atoms with E-state index in [-0.39, 0.29) is 11.3 Å². The number of carbonyl (C=O) groups excluding carboxylic acids is 1. The molecule has 1 amide bonds. The van der Waals surface area contributed by atoms with E-state index in [1.54, 1.807) is 22.9 Å². The molecule has 27 heavy (non-hydrogen) atoms. The van der Waals surface area contributed by atoms with Crippen LogP contribution in [-0.2, 0) is 5.41 Å². The van der Waals surface area contributed by atoms with Crippen LogP contribution in [0.4, 0.5) is 5.82 Å². The molecule has 0 aliphatic heterocycles. The Kier molecular flexibility index (Phi) is 5.65. The Morgan fingerprint density at radius 2 is 1.70 bits per heavy atom. The van der Waals surface area contributed by atoms with Crippen molar-refractivity contribution in [1.29, 1.82) is 0 Å². The highest BCUT2D eigenvalue weighted by Gasteiger charge is 2.22. The standard InChI is InChI=1S/C20H18BrCl2N3O/c1-20(2,3)17-11-18(26(25-17)14-7-5-13(21)6-8-14)24-19(27)12-4-9-15(22)16(23)10-12/h4-11H,1-3H3,(H,24,27). The second kappa shape index (κ2) is 7.66. The van der Waals surface area contributed by atoms with E-state index in [0.29, 0.717) is 21.4 Å². The van der Waals surface area contributed by atoms with Crippen molar-refractivity contribution >= 4 is 50.9 Å². The Balaban J connectivity index is 2.00. The molecule has 0 unspecified atom stereocenters. The van der Waals surface area contributed by atoms with Crippen LogP contribution in [0.3, 0.4) is 0 Å². The number of nitrogens with zero attached hydrogens (tertiary/aromatic N) is 2. The van der Waals surface area contributed by atoms with Gasteiger partial charge < -0.3 is 5.32 Å². The quantitative estimate of drug-likeness (QED) is 0.479. The largest absolute Gasteiger partial charge is 0.306 e. The SMILES string of the molecule is CC(C)(C)c1cc(NC(=O)c2ccc(Cl)c(Cl)c2)n(-c2ccc(Br)cc2)n1. The van der Waals surface area contributed by atoms with E-state index in [4.69, 9.17) is 28.3 Å². The Morgan fingerprint density at radius 3 is 2.30 bits per heavy atom. The molecular formula is C20H18BrCl2N3O. The molecule has 4 nitrogen and oxygen atoms in total. The maximum atomic E-state index is 12.7. The van der Waals surface area contributed by atoms with Crippen LogP contribution in [0, 0.1) is 0 Å². The minimum Gasteiger partial charge on any atom is -0.306 e. The molecule has 7 heteroatoms. The summed E-state index contributed by atoms with van der Waals surface area (Å²) in [4.78, 5) is 12.7. The molecule has 3 aromatic rings. The number of benzene rings is 2. The lowest BCUT2D eigenvalue weighted by molar-refractivity contribution is 0.102. The van der Waals surface area contributed by atoms with Crippen LogP contribution in [0.25, 0.3) is 5.69 Å². The minimum atomic E-state index is -0.285. The van der Waals surface area contributed by atoms with Crippen molar-refractivity contribution in [3.8, 4) is 5.69 Å². The molecule has 0 atom stereocenters. The van der Waals surface area contributed by atoms with Gasteiger partial charge in [0.15, 0.2) is 0 Å². The first-order valence-corrected chi connectivity index (χ1v) is 9.83. The molecule has 0 saturated heterocycles. The van der Waals surface area contributed by atoms with E-state index in [2.05, 4.69) is 42.0 Å². The first kappa shape index (κ1) is 19.9. The predicted molar refractivity (Wildman–Crippen MR) is 114 cm³/mol. The number of amides is 1. The number of hydrogen-bond acceptors (Lipinski definition) is 2. The van der Waals surface area contributed by atoms with E-state index in [0.717, 1.165) is 15.9 Å². The fourth-order valence-electron chi connectivity index (χ4n) is 2.44. The first-order valence-electron chi connectivity index (χ1n) is 8.28. The summed E-state index contributed by atoms with van der Waals surface area (Å²) in [6, 6.07) is 14.4. The Hall–Kier alpha value is -1.82. The molecule has 1 aromatic heterocycles. The summed E-state index contributed by atoms with van der Waals surface area (Å²) in [6.07, 6.45) is 0. The molecule has 1 heterocycles. The van der Waals surface area contributed by atoms with Crippen molar-refractivity contribution in [1.82, 2.24) is 9.78 Å². The van der Waals surface area contributed by atoms with Crippen molar-refractivity contribution < 1.29 is 4.79 Å². The first-order chi connectivity index (χ1) is 12.6. The Labute approximate surface area is 176 Å². The van der Waals surface area contributed by atoms with Gasteiger partial charge in [-0.05, 0) is 42.5 Å². The number of hydrogen-bond donors (Lipinski definition) is 1. The smallest absolute Gasteiger partial charge is 0.256 e. The van der Waals surface area contributed by atoms with Gasteiger partial charge in [-0.15, -0.1) is 0 Å². The normalized spacial score (nSPS) is 11.5. The fraction of sp³-hybridized carbons (Fsp3) is 0.200. The van der Waals surface area contributed by atoms with Crippen molar-refractivity contribution in [3.05, 3.63) is 74.3 Å². The van der Waals surface area contributed by atoms with Crippen LogP contribution < -0.4 is 5.32 Å². The third-order valence-corrected chi connectivity index (χ3v) is 5.24. The predicted octanol–water partition coefficient (Wildman–Crippen LogP) is 6.49. The van der Waals surface area contributed by atoms with Crippen LogP contribution in [-0.4, -0.2) is 15.7 Å². The average Bonchev–Trinajstić information content (AvgIpc) is 3.02. The lowest BCUT2D eigenvalue weighted by Gasteiger charge is -2.14. The second-order valence-electron chi connectivity index (χ2n) is 7.14. The van der Waals surface area contributed by atoms with Crippen LogP contribution in [0.15, 0.2) is 53.0 Å². The highest BCUT2D eigenvalue weighted by Crippen LogP contribution is 2.28. The number of rotatable bonds is 3. The molecule has 3 rings (SSSR count). The lowest BCUT2D eigenvalue weighted by atomic mass is 9.92. The summed E-state index contributed by atoms with van der Waals surface area (Å²) in [6.45, 7) is 6.23. The number of anilines is 1. The Morgan fingerprint density at radius 1 is 1.04 bits per heavy atom. The van der Waals surface area contributed by atoms with E-state index in [9.17, 15) is 4.79 Å². The van der Waals surface area contributed by atoms with Gasteiger partial charge in [-0.3, -0.25) is 4.79 Å². The second-order valence-corrected chi connectivity index (χ2v) is 8.87. The summed E-state index contributed by atoms with van der Waals surface area (Å²) in [5, 5.41) is 8.37. The molecule has 140 valence electrons. The van der Waals surface area contributed by atoms with E-state index >= 15 is 0 Å². The average molecular weight is 467 g/mol. The van der Waals surface area contributed by atoms with E-state index in [1.807, 2.05) is 30.3 Å². The van der Waals surface area contributed by atoms with Crippen molar-refractivity contribution in [2.45, 2.75) is 26.2 Å². The number of nitrogens with one attached hydrogen (secondary N) is 1. The van der Waals surface area contributed by atoms with Crippen molar-refractivity contribution in [2.24, 2.45) is 0 Å². The molecular weight excluding hydrogens is 449 g/mol.